The molecule has 1 saturated heterocycles. The van der Waals surface area contributed by atoms with Gasteiger partial charge in [0.05, 0.1) is 6.10 Å². The van der Waals surface area contributed by atoms with Crippen molar-refractivity contribution in [2.45, 2.75) is 44.2 Å². The van der Waals surface area contributed by atoms with Crippen molar-refractivity contribution in [1.29, 1.82) is 0 Å². The van der Waals surface area contributed by atoms with Gasteiger partial charge in [-0.05, 0) is 19.3 Å². The van der Waals surface area contributed by atoms with Crippen molar-refractivity contribution in [3.63, 3.8) is 0 Å². The Morgan fingerprint density at radius 2 is 2.00 bits per heavy atom. The summed E-state index contributed by atoms with van der Waals surface area (Å²) in [5, 5.41) is 6.43. The van der Waals surface area contributed by atoms with Gasteiger partial charge >= 0.3 is 6.03 Å². The number of hydrogen-bond donors (Lipinski definition) is 2. The smallest absolute Gasteiger partial charge is 0.317 e. The lowest BCUT2D eigenvalue weighted by Gasteiger charge is -2.30. The molecular weight excluding hydrogens is 230 g/mol. The highest BCUT2D eigenvalue weighted by atomic mass is 16.5. The van der Waals surface area contributed by atoms with Crippen molar-refractivity contribution in [3.8, 4) is 0 Å². The minimum Gasteiger partial charge on any atom is -0.381 e. The SMILES string of the molecule is COC1CCCCC(NC(=O)N2CCNCC2)C1. The molecule has 2 rings (SSSR count). The molecule has 18 heavy (non-hydrogen) atoms. The molecule has 5 heteroatoms. The zero-order chi connectivity index (χ0) is 12.8. The molecule has 1 saturated carbocycles. The lowest BCUT2D eigenvalue weighted by atomic mass is 10.1. The Labute approximate surface area is 109 Å². The van der Waals surface area contributed by atoms with Crippen molar-refractivity contribution < 1.29 is 9.53 Å². The van der Waals surface area contributed by atoms with E-state index in [4.69, 9.17) is 4.74 Å². The van der Waals surface area contributed by atoms with Gasteiger partial charge in [-0.15, -0.1) is 0 Å². The molecule has 0 radical (unpaired) electrons. The van der Waals surface area contributed by atoms with E-state index in [1.165, 1.54) is 12.8 Å². The first-order valence-electron chi connectivity index (χ1n) is 7.08. The average molecular weight is 255 g/mol. The zero-order valence-corrected chi connectivity index (χ0v) is 11.3. The third-order valence-corrected chi connectivity index (χ3v) is 3.94. The number of rotatable bonds is 2. The van der Waals surface area contributed by atoms with E-state index < -0.39 is 0 Å². The van der Waals surface area contributed by atoms with Gasteiger partial charge in [0.25, 0.3) is 0 Å². The molecule has 1 aliphatic carbocycles. The highest BCUT2D eigenvalue weighted by molar-refractivity contribution is 5.74. The number of carbonyl (C=O) groups excluding carboxylic acids is 1. The molecule has 1 aliphatic heterocycles. The van der Waals surface area contributed by atoms with Crippen LogP contribution in [-0.2, 0) is 4.74 Å². The fraction of sp³-hybridized carbons (Fsp3) is 0.923. The van der Waals surface area contributed by atoms with Crippen molar-refractivity contribution in [3.05, 3.63) is 0 Å². The molecule has 2 aliphatic rings. The highest BCUT2D eigenvalue weighted by Gasteiger charge is 2.24. The summed E-state index contributed by atoms with van der Waals surface area (Å²) in [7, 11) is 1.77. The first-order chi connectivity index (χ1) is 8.79. The number of urea groups is 1. The molecule has 0 aromatic rings. The van der Waals surface area contributed by atoms with Gasteiger partial charge in [-0.1, -0.05) is 12.8 Å². The summed E-state index contributed by atoms with van der Waals surface area (Å²) in [5.41, 5.74) is 0. The Bertz CT molecular complexity index is 267. The van der Waals surface area contributed by atoms with Crippen LogP contribution in [0.25, 0.3) is 0 Å². The molecule has 0 spiro atoms. The number of nitrogens with one attached hydrogen (secondary N) is 2. The number of methoxy groups -OCH3 is 1. The maximum atomic E-state index is 12.1. The van der Waals surface area contributed by atoms with Gasteiger partial charge < -0.3 is 20.3 Å². The predicted octanol–water partition coefficient (Wildman–Crippen LogP) is 0.949. The van der Waals surface area contributed by atoms with E-state index in [2.05, 4.69) is 10.6 Å². The number of ether oxygens (including phenoxy) is 1. The normalized spacial score (nSPS) is 29.7. The van der Waals surface area contributed by atoms with E-state index in [0.29, 0.717) is 6.10 Å². The summed E-state index contributed by atoms with van der Waals surface area (Å²) < 4.78 is 5.45. The summed E-state index contributed by atoms with van der Waals surface area (Å²) in [6.45, 7) is 3.43. The Hall–Kier alpha value is -0.810. The Morgan fingerprint density at radius 3 is 2.72 bits per heavy atom. The van der Waals surface area contributed by atoms with Gasteiger partial charge in [-0.2, -0.15) is 0 Å². The average Bonchev–Trinajstić information content (AvgIpc) is 2.65. The minimum atomic E-state index is 0.0956. The molecule has 2 unspecified atom stereocenters. The van der Waals surface area contributed by atoms with Crippen LogP contribution in [0.15, 0.2) is 0 Å². The third-order valence-electron chi connectivity index (χ3n) is 3.94. The zero-order valence-electron chi connectivity index (χ0n) is 11.3. The number of amides is 2. The fourth-order valence-corrected chi connectivity index (χ4v) is 2.79. The van der Waals surface area contributed by atoms with Crippen LogP contribution in [0.5, 0.6) is 0 Å². The molecule has 2 atom stereocenters. The van der Waals surface area contributed by atoms with Crippen LogP contribution in [0.3, 0.4) is 0 Å². The van der Waals surface area contributed by atoms with Crippen LogP contribution < -0.4 is 10.6 Å². The van der Waals surface area contributed by atoms with Gasteiger partial charge in [0.15, 0.2) is 0 Å². The number of carbonyl (C=O) groups is 1. The summed E-state index contributed by atoms with van der Waals surface area (Å²) in [6.07, 6.45) is 5.86. The van der Waals surface area contributed by atoms with Crippen LogP contribution in [-0.4, -0.2) is 56.4 Å². The summed E-state index contributed by atoms with van der Waals surface area (Å²) >= 11 is 0. The molecule has 0 aromatic carbocycles. The largest absolute Gasteiger partial charge is 0.381 e. The van der Waals surface area contributed by atoms with E-state index in [1.54, 1.807) is 7.11 Å². The van der Waals surface area contributed by atoms with Gasteiger partial charge in [0.1, 0.15) is 0 Å². The van der Waals surface area contributed by atoms with Crippen molar-refractivity contribution in [1.82, 2.24) is 15.5 Å². The minimum absolute atomic E-state index is 0.0956. The first kappa shape index (κ1) is 13.6. The summed E-state index contributed by atoms with van der Waals surface area (Å²) in [5.74, 6) is 0. The molecule has 0 aromatic heterocycles. The molecule has 0 bridgehead atoms. The Kier molecular flexibility index (Phi) is 5.26. The second-order valence-electron chi connectivity index (χ2n) is 5.26. The van der Waals surface area contributed by atoms with Crippen molar-refractivity contribution in [2.75, 3.05) is 33.3 Å². The van der Waals surface area contributed by atoms with Crippen LogP contribution >= 0.6 is 0 Å². The van der Waals surface area contributed by atoms with E-state index in [0.717, 1.165) is 45.4 Å². The van der Waals surface area contributed by atoms with Crippen LogP contribution in [0.1, 0.15) is 32.1 Å². The van der Waals surface area contributed by atoms with Crippen LogP contribution in [0.4, 0.5) is 4.79 Å². The Balaban J connectivity index is 1.81. The molecular formula is C13H25N3O2. The fourth-order valence-electron chi connectivity index (χ4n) is 2.79. The van der Waals surface area contributed by atoms with Crippen LogP contribution in [0.2, 0.25) is 0 Å². The molecule has 1 heterocycles. The molecule has 2 fully saturated rings. The van der Waals surface area contributed by atoms with E-state index in [1.807, 2.05) is 4.90 Å². The van der Waals surface area contributed by atoms with Crippen molar-refractivity contribution in [2.24, 2.45) is 0 Å². The lowest BCUT2D eigenvalue weighted by molar-refractivity contribution is 0.0833. The van der Waals surface area contributed by atoms with Gasteiger partial charge in [0, 0.05) is 39.3 Å². The lowest BCUT2D eigenvalue weighted by Crippen LogP contribution is -2.52. The number of hydrogen-bond acceptors (Lipinski definition) is 3. The Morgan fingerprint density at radius 1 is 1.28 bits per heavy atom. The number of nitrogens with zero attached hydrogens (tertiary/aromatic N) is 1. The third kappa shape index (κ3) is 3.85. The molecule has 2 amide bonds. The van der Waals surface area contributed by atoms with Gasteiger partial charge in [-0.3, -0.25) is 0 Å². The first-order valence-corrected chi connectivity index (χ1v) is 7.08. The highest BCUT2D eigenvalue weighted by Crippen LogP contribution is 2.20. The quantitative estimate of drug-likeness (QED) is 0.722. The predicted molar refractivity (Wildman–Crippen MR) is 70.6 cm³/mol. The topological polar surface area (TPSA) is 53.6 Å². The standard InChI is InChI=1S/C13H25N3O2/c1-18-12-5-3-2-4-11(10-12)15-13(17)16-8-6-14-7-9-16/h11-12,14H,2-10H2,1H3,(H,15,17). The summed E-state index contributed by atoms with van der Waals surface area (Å²) in [4.78, 5) is 14.0. The maximum absolute atomic E-state index is 12.1. The molecule has 2 N–H and O–H groups in total. The summed E-state index contributed by atoms with van der Waals surface area (Å²) in [6, 6.07) is 0.373. The van der Waals surface area contributed by atoms with Gasteiger partial charge in [-0.25, -0.2) is 4.79 Å². The van der Waals surface area contributed by atoms with Gasteiger partial charge in [0.2, 0.25) is 0 Å². The number of piperazine rings is 1. The second-order valence-corrected chi connectivity index (χ2v) is 5.26. The van der Waals surface area contributed by atoms with Crippen LogP contribution in [0, 0.1) is 0 Å². The monoisotopic (exact) mass is 255 g/mol. The van der Waals surface area contributed by atoms with E-state index in [-0.39, 0.29) is 12.1 Å². The van der Waals surface area contributed by atoms with E-state index in [9.17, 15) is 4.79 Å². The molecule has 5 nitrogen and oxygen atoms in total. The van der Waals surface area contributed by atoms with E-state index >= 15 is 0 Å². The molecule has 104 valence electrons. The van der Waals surface area contributed by atoms with Crippen molar-refractivity contribution >= 4 is 6.03 Å². The second kappa shape index (κ2) is 6.95. The maximum Gasteiger partial charge on any atom is 0.317 e.